The molecule has 0 bridgehead atoms. The fraction of sp³-hybridized carbons (Fsp3) is 0.600. The van der Waals surface area contributed by atoms with Crippen molar-refractivity contribution in [3.05, 3.63) is 28.8 Å². The third-order valence-electron chi connectivity index (χ3n) is 4.41. The Hall–Kier alpha value is -0.620. The molecule has 1 saturated carbocycles. The second-order valence-corrected chi connectivity index (χ2v) is 7.83. The number of sulfonamides is 1. The molecular formula is C15H23ClN2O2S. The van der Waals surface area contributed by atoms with Gasteiger partial charge in [0, 0.05) is 17.6 Å². The number of benzene rings is 1. The van der Waals surface area contributed by atoms with Crippen LogP contribution in [0.3, 0.4) is 0 Å². The monoisotopic (exact) mass is 330 g/mol. The zero-order valence-corrected chi connectivity index (χ0v) is 14.1. The van der Waals surface area contributed by atoms with Crippen molar-refractivity contribution in [1.29, 1.82) is 0 Å². The molecule has 0 radical (unpaired) electrons. The first kappa shape index (κ1) is 16.7. The highest BCUT2D eigenvalue weighted by molar-refractivity contribution is 7.89. The van der Waals surface area contributed by atoms with Crippen LogP contribution < -0.4 is 5.73 Å². The van der Waals surface area contributed by atoms with E-state index in [0.717, 1.165) is 19.3 Å². The van der Waals surface area contributed by atoms with E-state index < -0.39 is 10.0 Å². The number of nitrogens with zero attached hydrogens (tertiary/aromatic N) is 1. The van der Waals surface area contributed by atoms with E-state index in [0.29, 0.717) is 28.6 Å². The van der Waals surface area contributed by atoms with Crippen molar-refractivity contribution < 1.29 is 8.42 Å². The number of halogens is 1. The number of hydrogen-bond acceptors (Lipinski definition) is 3. The van der Waals surface area contributed by atoms with Crippen LogP contribution in [0.15, 0.2) is 23.1 Å². The van der Waals surface area contributed by atoms with Crippen molar-refractivity contribution in [2.75, 3.05) is 13.1 Å². The summed E-state index contributed by atoms with van der Waals surface area (Å²) in [4.78, 5) is 0.305. The molecule has 2 atom stereocenters. The lowest BCUT2D eigenvalue weighted by atomic mass is 10.0. The summed E-state index contributed by atoms with van der Waals surface area (Å²) in [5, 5.41) is 0.480. The largest absolute Gasteiger partial charge is 0.330 e. The molecule has 0 aromatic heterocycles. The third kappa shape index (κ3) is 3.11. The molecule has 0 saturated heterocycles. The summed E-state index contributed by atoms with van der Waals surface area (Å²) >= 11 is 6.08. The topological polar surface area (TPSA) is 63.4 Å². The molecule has 1 aliphatic rings. The molecule has 1 fully saturated rings. The average Bonchev–Trinajstić information content (AvgIpc) is 2.90. The van der Waals surface area contributed by atoms with Gasteiger partial charge in [0.1, 0.15) is 0 Å². The SMILES string of the molecule is CCN(C1CCCC1CN)S(=O)(=O)c1cccc(Cl)c1C. The van der Waals surface area contributed by atoms with Gasteiger partial charge in [-0.1, -0.05) is 31.0 Å². The summed E-state index contributed by atoms with van der Waals surface area (Å²) in [6.45, 7) is 4.61. The lowest BCUT2D eigenvalue weighted by Crippen LogP contribution is -2.44. The Morgan fingerprint density at radius 1 is 1.38 bits per heavy atom. The van der Waals surface area contributed by atoms with Crippen LogP contribution in [0.4, 0.5) is 0 Å². The van der Waals surface area contributed by atoms with Crippen molar-refractivity contribution in [2.24, 2.45) is 11.7 Å². The quantitative estimate of drug-likeness (QED) is 0.903. The minimum atomic E-state index is -3.54. The molecule has 2 rings (SSSR count). The highest BCUT2D eigenvalue weighted by Crippen LogP contribution is 2.34. The van der Waals surface area contributed by atoms with Crippen molar-refractivity contribution in [3.63, 3.8) is 0 Å². The van der Waals surface area contributed by atoms with Crippen LogP contribution in [0.2, 0.25) is 5.02 Å². The fourth-order valence-electron chi connectivity index (χ4n) is 3.25. The van der Waals surface area contributed by atoms with Gasteiger partial charge < -0.3 is 5.73 Å². The Labute approximate surface area is 132 Å². The zero-order valence-electron chi connectivity index (χ0n) is 12.5. The summed E-state index contributed by atoms with van der Waals surface area (Å²) in [6, 6.07) is 5.03. The normalized spacial score (nSPS) is 22.9. The molecule has 1 aromatic rings. The maximum atomic E-state index is 13.0. The van der Waals surface area contributed by atoms with E-state index in [9.17, 15) is 8.42 Å². The zero-order chi connectivity index (χ0) is 15.6. The van der Waals surface area contributed by atoms with Crippen LogP contribution in [0.5, 0.6) is 0 Å². The summed E-state index contributed by atoms with van der Waals surface area (Å²) in [7, 11) is -3.54. The minimum absolute atomic E-state index is 0.00313. The molecule has 21 heavy (non-hydrogen) atoms. The molecule has 1 aliphatic carbocycles. The first-order valence-corrected chi connectivity index (χ1v) is 9.22. The van der Waals surface area contributed by atoms with Gasteiger partial charge in [0.15, 0.2) is 0 Å². The summed E-state index contributed by atoms with van der Waals surface area (Å²) in [5.74, 6) is 0.249. The van der Waals surface area contributed by atoms with E-state index in [1.165, 1.54) is 0 Å². The van der Waals surface area contributed by atoms with E-state index >= 15 is 0 Å². The second-order valence-electron chi connectivity index (χ2n) is 5.57. The van der Waals surface area contributed by atoms with E-state index in [1.54, 1.807) is 29.4 Å². The van der Waals surface area contributed by atoms with Gasteiger partial charge in [-0.15, -0.1) is 0 Å². The molecule has 0 spiro atoms. The number of hydrogen-bond donors (Lipinski definition) is 1. The molecule has 1 aromatic carbocycles. The lowest BCUT2D eigenvalue weighted by Gasteiger charge is -2.31. The molecular weight excluding hydrogens is 308 g/mol. The van der Waals surface area contributed by atoms with Crippen molar-refractivity contribution in [1.82, 2.24) is 4.31 Å². The minimum Gasteiger partial charge on any atom is -0.330 e. The second kappa shape index (κ2) is 6.65. The Morgan fingerprint density at radius 3 is 2.71 bits per heavy atom. The van der Waals surface area contributed by atoms with E-state index in [1.807, 2.05) is 6.92 Å². The van der Waals surface area contributed by atoms with Crippen LogP contribution in [0.25, 0.3) is 0 Å². The average molecular weight is 331 g/mol. The van der Waals surface area contributed by atoms with Gasteiger partial charge >= 0.3 is 0 Å². The van der Waals surface area contributed by atoms with E-state index in [-0.39, 0.29) is 12.0 Å². The van der Waals surface area contributed by atoms with Crippen LogP contribution >= 0.6 is 11.6 Å². The maximum absolute atomic E-state index is 13.0. The molecule has 2 N–H and O–H groups in total. The van der Waals surface area contributed by atoms with Crippen molar-refractivity contribution in [2.45, 2.75) is 44.0 Å². The van der Waals surface area contributed by atoms with E-state index in [4.69, 9.17) is 17.3 Å². The van der Waals surface area contributed by atoms with Crippen LogP contribution in [0, 0.1) is 12.8 Å². The molecule has 118 valence electrons. The highest BCUT2D eigenvalue weighted by Gasteiger charge is 2.38. The van der Waals surface area contributed by atoms with E-state index in [2.05, 4.69) is 0 Å². The van der Waals surface area contributed by atoms with Crippen molar-refractivity contribution in [3.8, 4) is 0 Å². The molecule has 0 amide bonds. The summed E-state index contributed by atoms with van der Waals surface area (Å²) in [6.07, 6.45) is 2.92. The first-order valence-electron chi connectivity index (χ1n) is 7.40. The molecule has 0 aliphatic heterocycles. The highest BCUT2D eigenvalue weighted by atomic mass is 35.5. The lowest BCUT2D eigenvalue weighted by molar-refractivity contribution is 0.276. The van der Waals surface area contributed by atoms with Gasteiger partial charge in [-0.05, 0) is 49.9 Å². The third-order valence-corrected chi connectivity index (χ3v) is 6.96. The smallest absolute Gasteiger partial charge is 0.243 e. The Kier molecular flexibility index (Phi) is 5.30. The van der Waals surface area contributed by atoms with Gasteiger partial charge in [0.25, 0.3) is 0 Å². The molecule has 6 heteroatoms. The van der Waals surface area contributed by atoms with Crippen molar-refractivity contribution >= 4 is 21.6 Å². The van der Waals surface area contributed by atoms with Gasteiger partial charge in [-0.2, -0.15) is 4.31 Å². The Morgan fingerprint density at radius 2 is 2.10 bits per heavy atom. The van der Waals surface area contributed by atoms with Gasteiger partial charge in [0.2, 0.25) is 10.0 Å². The predicted molar refractivity (Wildman–Crippen MR) is 85.9 cm³/mol. The molecule has 2 unspecified atom stereocenters. The number of nitrogens with two attached hydrogens (primary N) is 1. The summed E-state index contributed by atoms with van der Waals surface area (Å²) < 4.78 is 27.6. The van der Waals surface area contributed by atoms with Gasteiger partial charge in [0.05, 0.1) is 4.90 Å². The number of rotatable bonds is 5. The van der Waals surface area contributed by atoms with Crippen LogP contribution in [-0.4, -0.2) is 31.9 Å². The fourth-order valence-corrected chi connectivity index (χ4v) is 5.45. The van der Waals surface area contributed by atoms with Gasteiger partial charge in [-0.3, -0.25) is 0 Å². The Bertz CT molecular complexity index is 604. The molecule has 4 nitrogen and oxygen atoms in total. The Balaban J connectivity index is 2.43. The van der Waals surface area contributed by atoms with Crippen LogP contribution in [-0.2, 0) is 10.0 Å². The standard InChI is InChI=1S/C15H23ClN2O2S/c1-3-18(14-8-4-6-12(14)10-17)21(19,20)15-9-5-7-13(16)11(15)2/h5,7,9,12,14H,3-4,6,8,10,17H2,1-2H3. The van der Waals surface area contributed by atoms with Crippen LogP contribution in [0.1, 0.15) is 31.7 Å². The molecule has 0 heterocycles. The van der Waals surface area contributed by atoms with Gasteiger partial charge in [-0.25, -0.2) is 8.42 Å². The summed E-state index contributed by atoms with van der Waals surface area (Å²) in [5.41, 5.74) is 6.42. The first-order chi connectivity index (χ1) is 9.93. The predicted octanol–water partition coefficient (Wildman–Crippen LogP) is 2.79. The maximum Gasteiger partial charge on any atom is 0.243 e.